The molecule has 0 bridgehead atoms. The van der Waals surface area contributed by atoms with Crippen molar-refractivity contribution in [1.82, 2.24) is 4.98 Å². The molecule has 7 heteroatoms. The first-order valence-corrected chi connectivity index (χ1v) is 10.0. The number of pyridine rings is 1. The Bertz CT molecular complexity index is 1340. The number of carbonyl (C=O) groups excluding carboxylic acids is 1. The van der Waals surface area contributed by atoms with Gasteiger partial charge in [-0.1, -0.05) is 30.3 Å². The average molecular weight is 409 g/mol. The molecule has 1 heterocycles. The molecule has 29 heavy (non-hydrogen) atoms. The highest BCUT2D eigenvalue weighted by Gasteiger charge is 2.28. The molecule has 0 atom stereocenters. The van der Waals surface area contributed by atoms with Crippen molar-refractivity contribution in [1.29, 1.82) is 0 Å². The normalized spacial score (nSPS) is 11.5. The summed E-state index contributed by atoms with van der Waals surface area (Å²) in [6.07, 6.45) is 1.17. The first-order valence-electron chi connectivity index (χ1n) is 8.56. The zero-order chi connectivity index (χ0) is 20.6. The first-order chi connectivity index (χ1) is 13.9. The molecule has 0 saturated carbocycles. The quantitative estimate of drug-likeness (QED) is 0.366. The molecule has 3 aromatic carbocycles. The van der Waals surface area contributed by atoms with Gasteiger partial charge < -0.3 is 0 Å². The van der Waals surface area contributed by atoms with Crippen LogP contribution in [-0.4, -0.2) is 19.2 Å². The molecule has 4 rings (SSSR count). The summed E-state index contributed by atoms with van der Waals surface area (Å²) in [7, 11) is -4.28. The van der Waals surface area contributed by atoms with Crippen LogP contribution in [0.3, 0.4) is 0 Å². The molecule has 4 nitrogen and oxygen atoms in total. The highest BCUT2D eigenvalue weighted by Crippen LogP contribution is 2.32. The first kappa shape index (κ1) is 18.9. The lowest BCUT2D eigenvalue weighted by Gasteiger charge is -2.13. The maximum absolute atomic E-state index is 14.0. The van der Waals surface area contributed by atoms with Crippen LogP contribution in [0.5, 0.6) is 0 Å². The van der Waals surface area contributed by atoms with Crippen LogP contribution in [0.1, 0.15) is 15.9 Å². The fourth-order valence-corrected chi connectivity index (χ4v) is 4.69. The molecule has 0 amide bonds. The van der Waals surface area contributed by atoms with Gasteiger partial charge in [-0.05, 0) is 42.5 Å². The fourth-order valence-electron chi connectivity index (χ4n) is 3.07. The summed E-state index contributed by atoms with van der Waals surface area (Å²) in [5.41, 5.74) is 0.302. The summed E-state index contributed by atoms with van der Waals surface area (Å²) in [5.74, 6) is -1.83. The number of carbonyl (C=O) groups is 1. The van der Waals surface area contributed by atoms with Crippen LogP contribution < -0.4 is 0 Å². The molecule has 0 aliphatic carbocycles. The van der Waals surface area contributed by atoms with E-state index >= 15 is 0 Å². The van der Waals surface area contributed by atoms with Gasteiger partial charge in [0.25, 0.3) is 0 Å². The maximum atomic E-state index is 14.0. The summed E-state index contributed by atoms with van der Waals surface area (Å²) < 4.78 is 54.1. The smallest absolute Gasteiger partial charge is 0.208 e. The number of nitrogens with zero attached hydrogens (tertiary/aromatic N) is 1. The van der Waals surface area contributed by atoms with Gasteiger partial charge in [-0.25, -0.2) is 17.2 Å². The third kappa shape index (κ3) is 3.40. The van der Waals surface area contributed by atoms with Gasteiger partial charge in [0, 0.05) is 17.1 Å². The molecule has 0 saturated heterocycles. The number of benzene rings is 3. The maximum Gasteiger partial charge on any atom is 0.208 e. The number of halogens is 2. The van der Waals surface area contributed by atoms with Crippen LogP contribution >= 0.6 is 0 Å². The van der Waals surface area contributed by atoms with Gasteiger partial charge in [0.15, 0.2) is 5.78 Å². The minimum atomic E-state index is -4.28. The minimum absolute atomic E-state index is 0.0175. The summed E-state index contributed by atoms with van der Waals surface area (Å²) >= 11 is 0. The Morgan fingerprint density at radius 2 is 1.48 bits per heavy atom. The van der Waals surface area contributed by atoms with Crippen molar-refractivity contribution in [2.45, 2.75) is 9.79 Å². The standard InChI is InChI=1S/C22H13F2NO3S/c23-15-6-9-17(10-7-15)29(27,28)22-18-12-16(24)8-11-20(18)25-13-19(22)21(26)14-4-2-1-3-5-14/h1-13H. The van der Waals surface area contributed by atoms with E-state index < -0.39 is 27.3 Å². The van der Waals surface area contributed by atoms with Gasteiger partial charge in [0.1, 0.15) is 11.6 Å². The number of hydrogen-bond donors (Lipinski definition) is 0. The topological polar surface area (TPSA) is 64.1 Å². The molecule has 4 aromatic rings. The second kappa shape index (κ2) is 7.18. The van der Waals surface area contributed by atoms with E-state index in [0.29, 0.717) is 0 Å². The highest BCUT2D eigenvalue weighted by molar-refractivity contribution is 7.91. The highest BCUT2D eigenvalue weighted by atomic mass is 32.2. The predicted octanol–water partition coefficient (Wildman–Crippen LogP) is 4.58. The van der Waals surface area contributed by atoms with E-state index in [1.165, 1.54) is 12.3 Å². The Kier molecular flexibility index (Phi) is 4.68. The van der Waals surface area contributed by atoms with Crippen molar-refractivity contribution in [2.24, 2.45) is 0 Å². The van der Waals surface area contributed by atoms with E-state index in [4.69, 9.17) is 0 Å². The van der Waals surface area contributed by atoms with E-state index in [0.717, 1.165) is 36.4 Å². The Hall–Kier alpha value is -3.45. The lowest BCUT2D eigenvalue weighted by molar-refractivity contribution is 0.103. The van der Waals surface area contributed by atoms with Crippen molar-refractivity contribution in [2.75, 3.05) is 0 Å². The summed E-state index contributed by atoms with van der Waals surface area (Å²) in [6, 6.07) is 15.9. The van der Waals surface area contributed by atoms with Gasteiger partial charge in [0.2, 0.25) is 9.84 Å². The molecule has 1 aromatic heterocycles. The van der Waals surface area contributed by atoms with E-state index in [1.807, 2.05) is 0 Å². The van der Waals surface area contributed by atoms with Crippen LogP contribution in [0.2, 0.25) is 0 Å². The van der Waals surface area contributed by atoms with Crippen molar-refractivity contribution in [3.05, 3.63) is 102 Å². The van der Waals surface area contributed by atoms with Gasteiger partial charge in [-0.15, -0.1) is 0 Å². The Morgan fingerprint density at radius 3 is 2.17 bits per heavy atom. The summed E-state index contributed by atoms with van der Waals surface area (Å²) in [5, 5.41) is -0.0175. The Labute approximate surface area is 165 Å². The molecule has 0 aliphatic heterocycles. The van der Waals surface area contributed by atoms with E-state index in [2.05, 4.69) is 4.98 Å². The van der Waals surface area contributed by atoms with Gasteiger partial charge in [-0.3, -0.25) is 9.78 Å². The van der Waals surface area contributed by atoms with Crippen LogP contribution in [0.15, 0.2) is 88.8 Å². The lowest BCUT2D eigenvalue weighted by atomic mass is 10.0. The number of rotatable bonds is 4. The van der Waals surface area contributed by atoms with Gasteiger partial charge >= 0.3 is 0 Å². The van der Waals surface area contributed by atoms with Crippen molar-refractivity contribution >= 4 is 26.5 Å². The predicted molar refractivity (Wildman–Crippen MR) is 103 cm³/mol. The molecule has 0 unspecified atom stereocenters. The molecular formula is C22H13F2NO3S. The lowest BCUT2D eigenvalue weighted by Crippen LogP contribution is -2.13. The fraction of sp³-hybridized carbons (Fsp3) is 0. The van der Waals surface area contributed by atoms with E-state index in [-0.39, 0.29) is 31.8 Å². The van der Waals surface area contributed by atoms with Crippen LogP contribution in [-0.2, 0) is 9.84 Å². The van der Waals surface area contributed by atoms with Gasteiger partial charge in [0.05, 0.1) is 20.9 Å². The van der Waals surface area contributed by atoms with E-state index in [9.17, 15) is 22.0 Å². The van der Waals surface area contributed by atoms with Crippen LogP contribution in [0.25, 0.3) is 10.9 Å². The molecule has 0 spiro atoms. The molecule has 0 fully saturated rings. The largest absolute Gasteiger partial charge is 0.289 e. The number of fused-ring (bicyclic) bond motifs is 1. The monoisotopic (exact) mass is 409 g/mol. The summed E-state index contributed by atoms with van der Waals surface area (Å²) in [6.45, 7) is 0. The molecule has 0 radical (unpaired) electrons. The average Bonchev–Trinajstić information content (AvgIpc) is 2.73. The molecule has 0 N–H and O–H groups in total. The molecule has 144 valence electrons. The zero-order valence-corrected chi connectivity index (χ0v) is 15.7. The third-order valence-corrected chi connectivity index (χ3v) is 6.32. The van der Waals surface area contributed by atoms with Gasteiger partial charge in [-0.2, -0.15) is 0 Å². The second-order valence-corrected chi connectivity index (χ2v) is 8.20. The van der Waals surface area contributed by atoms with Crippen molar-refractivity contribution < 1.29 is 22.0 Å². The Morgan fingerprint density at radius 1 is 0.828 bits per heavy atom. The SMILES string of the molecule is O=C(c1ccccc1)c1cnc2ccc(F)cc2c1S(=O)(=O)c1ccc(F)cc1. The minimum Gasteiger partial charge on any atom is -0.289 e. The summed E-state index contributed by atoms with van der Waals surface area (Å²) in [4.78, 5) is 16.6. The Balaban J connectivity index is 2.05. The molecule has 0 aliphatic rings. The number of sulfone groups is 1. The molecular weight excluding hydrogens is 396 g/mol. The number of aromatic nitrogens is 1. The van der Waals surface area contributed by atoms with E-state index in [1.54, 1.807) is 30.3 Å². The van der Waals surface area contributed by atoms with Crippen LogP contribution in [0.4, 0.5) is 8.78 Å². The van der Waals surface area contributed by atoms with Crippen molar-refractivity contribution in [3.8, 4) is 0 Å². The van der Waals surface area contributed by atoms with Crippen LogP contribution in [0, 0.1) is 11.6 Å². The number of ketones is 1. The second-order valence-electron chi connectivity index (χ2n) is 6.31. The number of hydrogen-bond acceptors (Lipinski definition) is 4. The van der Waals surface area contributed by atoms with Crippen molar-refractivity contribution in [3.63, 3.8) is 0 Å². The third-order valence-electron chi connectivity index (χ3n) is 4.45. The zero-order valence-electron chi connectivity index (χ0n) is 14.8.